The van der Waals surface area contributed by atoms with Crippen LogP contribution < -0.4 is 10.0 Å². The maximum absolute atomic E-state index is 12.9. The lowest BCUT2D eigenvalue weighted by atomic mass is 9.95. The van der Waals surface area contributed by atoms with E-state index in [2.05, 4.69) is 28.8 Å². The van der Waals surface area contributed by atoms with Crippen LogP contribution >= 0.6 is 0 Å². The van der Waals surface area contributed by atoms with Crippen LogP contribution in [-0.4, -0.2) is 75.9 Å². The highest BCUT2D eigenvalue weighted by Crippen LogP contribution is 2.48. The summed E-state index contributed by atoms with van der Waals surface area (Å²) in [6, 6.07) is 14.2. The van der Waals surface area contributed by atoms with E-state index in [0.717, 1.165) is 63.2 Å². The van der Waals surface area contributed by atoms with Crippen LogP contribution in [0.25, 0.3) is 0 Å². The second-order valence-electron chi connectivity index (χ2n) is 10.4. The van der Waals surface area contributed by atoms with Gasteiger partial charge < -0.3 is 15.2 Å². The van der Waals surface area contributed by atoms with E-state index >= 15 is 0 Å². The smallest absolute Gasteiger partial charge is 0.475 e. The molecule has 0 atom stereocenters. The lowest BCUT2D eigenvalue weighted by Crippen LogP contribution is -2.39. The molecule has 2 aromatic rings. The number of ether oxygens (including phenoxy) is 1. The molecule has 41 heavy (non-hydrogen) atoms. The molecule has 2 aliphatic rings. The maximum Gasteiger partial charge on any atom is 0.490 e. The van der Waals surface area contributed by atoms with Gasteiger partial charge in [0.15, 0.2) is 0 Å². The van der Waals surface area contributed by atoms with E-state index in [1.807, 2.05) is 24.3 Å². The number of aliphatic carboxylic acids is 1. The van der Waals surface area contributed by atoms with Crippen LogP contribution in [0.1, 0.15) is 50.2 Å². The average Bonchev–Trinajstić information content (AvgIpc) is 3.74. The molecule has 4 rings (SSSR count). The van der Waals surface area contributed by atoms with E-state index in [1.165, 1.54) is 0 Å². The third-order valence-electron chi connectivity index (χ3n) is 7.01. The predicted octanol–water partition coefficient (Wildman–Crippen LogP) is 4.11. The third-order valence-corrected chi connectivity index (χ3v) is 8.41. The number of nitrogens with one attached hydrogen (secondary N) is 2. The number of benzene rings is 2. The van der Waals surface area contributed by atoms with Crippen LogP contribution in [0.15, 0.2) is 53.4 Å². The highest BCUT2D eigenvalue weighted by Gasteiger charge is 2.51. The van der Waals surface area contributed by atoms with Gasteiger partial charge in [-0.3, -0.25) is 14.4 Å². The van der Waals surface area contributed by atoms with Crippen molar-refractivity contribution in [2.75, 3.05) is 44.1 Å². The number of sulfonamides is 1. The van der Waals surface area contributed by atoms with Crippen LogP contribution in [0.5, 0.6) is 0 Å². The number of rotatable bonds is 10. The Morgan fingerprint density at radius 2 is 1.59 bits per heavy atom. The van der Waals surface area contributed by atoms with Gasteiger partial charge in [0.25, 0.3) is 10.0 Å². The Labute approximate surface area is 238 Å². The van der Waals surface area contributed by atoms with E-state index in [4.69, 9.17) is 14.6 Å². The molecule has 0 aromatic heterocycles. The summed E-state index contributed by atoms with van der Waals surface area (Å²) in [7, 11) is -3.67. The molecule has 226 valence electrons. The van der Waals surface area contributed by atoms with Crippen LogP contribution in [0.2, 0.25) is 0 Å². The Morgan fingerprint density at radius 3 is 2.07 bits per heavy atom. The molecule has 2 fully saturated rings. The Hall–Kier alpha value is -3.16. The summed E-state index contributed by atoms with van der Waals surface area (Å²) < 4.78 is 65.3. The molecule has 1 aliphatic carbocycles. The van der Waals surface area contributed by atoms with Gasteiger partial charge in [0.05, 0.1) is 23.5 Å². The summed E-state index contributed by atoms with van der Waals surface area (Å²) in [6.45, 7) is 9.24. The molecule has 0 unspecified atom stereocenters. The molecule has 3 N–H and O–H groups in total. The highest BCUT2D eigenvalue weighted by atomic mass is 32.2. The van der Waals surface area contributed by atoms with Crippen molar-refractivity contribution in [3.8, 4) is 0 Å². The highest BCUT2D eigenvalue weighted by molar-refractivity contribution is 7.92. The number of halogens is 3. The number of alkyl halides is 3. The fraction of sp³-hybridized carbons (Fsp3) is 0.500. The number of carboxylic acids is 1. The number of morpholine rings is 1. The Morgan fingerprint density at radius 1 is 1.02 bits per heavy atom. The largest absolute Gasteiger partial charge is 0.490 e. The number of carbonyl (C=O) groups excluding carboxylic acids is 1. The van der Waals surface area contributed by atoms with Gasteiger partial charge in [0, 0.05) is 25.3 Å². The van der Waals surface area contributed by atoms with Crippen molar-refractivity contribution in [3.05, 3.63) is 59.7 Å². The SMILES string of the molecule is CC(C)c1ccc(S(=O)(=O)Nc2ccc(C3(C(=O)NCCCN4CCOCC4)CC3)cc2)cc1.O=C(O)C(F)(F)F. The molecule has 2 aromatic carbocycles. The molecule has 1 aliphatic heterocycles. The zero-order valence-electron chi connectivity index (χ0n) is 23.0. The number of amides is 1. The number of hydrogen-bond donors (Lipinski definition) is 3. The van der Waals surface area contributed by atoms with E-state index in [-0.39, 0.29) is 10.8 Å². The third kappa shape index (κ3) is 9.17. The van der Waals surface area contributed by atoms with Crippen LogP contribution in [0.4, 0.5) is 18.9 Å². The molecule has 13 heteroatoms. The van der Waals surface area contributed by atoms with Crippen molar-refractivity contribution in [1.29, 1.82) is 0 Å². The second kappa shape index (κ2) is 13.7. The number of hydrogen-bond acceptors (Lipinski definition) is 6. The van der Waals surface area contributed by atoms with Crippen molar-refractivity contribution < 1.29 is 41.0 Å². The van der Waals surface area contributed by atoms with Crippen molar-refractivity contribution in [3.63, 3.8) is 0 Å². The molecule has 0 radical (unpaired) electrons. The Kier molecular flexibility index (Phi) is 10.8. The first-order valence-electron chi connectivity index (χ1n) is 13.4. The van der Waals surface area contributed by atoms with Crippen molar-refractivity contribution in [2.24, 2.45) is 0 Å². The normalized spacial score (nSPS) is 16.8. The van der Waals surface area contributed by atoms with E-state index in [1.54, 1.807) is 24.3 Å². The Balaban J connectivity index is 0.000000587. The van der Waals surface area contributed by atoms with E-state index in [9.17, 15) is 26.4 Å². The first-order valence-corrected chi connectivity index (χ1v) is 14.8. The fourth-order valence-electron chi connectivity index (χ4n) is 4.37. The van der Waals surface area contributed by atoms with Gasteiger partial charge in [-0.05, 0) is 67.1 Å². The summed E-state index contributed by atoms with van der Waals surface area (Å²) in [4.78, 5) is 24.4. The molecule has 1 amide bonds. The number of nitrogens with zero attached hydrogens (tertiary/aromatic N) is 1. The van der Waals surface area contributed by atoms with Gasteiger partial charge in [-0.15, -0.1) is 0 Å². The minimum absolute atomic E-state index is 0.0630. The summed E-state index contributed by atoms with van der Waals surface area (Å²) in [5.41, 5.74) is 2.03. The van der Waals surface area contributed by atoms with Crippen LogP contribution in [-0.2, 0) is 29.8 Å². The lowest BCUT2D eigenvalue weighted by molar-refractivity contribution is -0.192. The average molecular weight is 600 g/mol. The molecule has 1 heterocycles. The second-order valence-corrected chi connectivity index (χ2v) is 12.0. The quantitative estimate of drug-likeness (QED) is 0.351. The lowest BCUT2D eigenvalue weighted by Gasteiger charge is -2.26. The monoisotopic (exact) mass is 599 g/mol. The van der Waals surface area contributed by atoms with Crippen LogP contribution in [0.3, 0.4) is 0 Å². The minimum Gasteiger partial charge on any atom is -0.475 e. The first kappa shape index (κ1) is 32.4. The zero-order chi connectivity index (χ0) is 30.3. The van der Waals surface area contributed by atoms with Gasteiger partial charge in [-0.2, -0.15) is 13.2 Å². The summed E-state index contributed by atoms with van der Waals surface area (Å²) in [5.74, 6) is -2.35. The first-order chi connectivity index (χ1) is 19.2. The fourth-order valence-corrected chi connectivity index (χ4v) is 5.43. The molecule has 1 saturated carbocycles. The van der Waals surface area contributed by atoms with Gasteiger partial charge in [-0.1, -0.05) is 38.1 Å². The minimum atomic E-state index is -5.08. The van der Waals surface area contributed by atoms with E-state index in [0.29, 0.717) is 18.2 Å². The number of carbonyl (C=O) groups is 2. The zero-order valence-corrected chi connectivity index (χ0v) is 23.9. The topological polar surface area (TPSA) is 125 Å². The van der Waals surface area contributed by atoms with Crippen molar-refractivity contribution >= 4 is 27.6 Å². The molecule has 0 bridgehead atoms. The maximum atomic E-state index is 12.9. The standard InChI is InChI=1S/C26H35N3O4S.C2HF3O2/c1-20(2)21-4-10-24(11-5-21)34(31,32)28-23-8-6-22(7-9-23)26(12-13-26)25(30)27-14-3-15-29-16-18-33-19-17-29;3-2(4,5)1(6)7/h4-11,20,28H,3,12-19H2,1-2H3,(H,27,30);(H,6,7). The van der Waals surface area contributed by atoms with Gasteiger partial charge >= 0.3 is 12.1 Å². The molecule has 9 nitrogen and oxygen atoms in total. The van der Waals surface area contributed by atoms with Crippen LogP contribution in [0, 0.1) is 0 Å². The predicted molar refractivity (Wildman–Crippen MR) is 147 cm³/mol. The Bertz CT molecular complexity index is 1270. The molecule has 1 saturated heterocycles. The summed E-state index contributed by atoms with van der Waals surface area (Å²) in [5, 5.41) is 10.2. The van der Waals surface area contributed by atoms with E-state index < -0.39 is 27.6 Å². The van der Waals surface area contributed by atoms with Gasteiger partial charge in [-0.25, -0.2) is 13.2 Å². The molecular weight excluding hydrogens is 563 g/mol. The van der Waals surface area contributed by atoms with Crippen molar-refractivity contribution in [1.82, 2.24) is 10.2 Å². The number of carboxylic acid groups (broad SMARTS) is 1. The van der Waals surface area contributed by atoms with Gasteiger partial charge in [0.2, 0.25) is 5.91 Å². The van der Waals surface area contributed by atoms with Crippen molar-refractivity contribution in [2.45, 2.75) is 55.5 Å². The van der Waals surface area contributed by atoms with Gasteiger partial charge in [0.1, 0.15) is 0 Å². The molecular formula is C28H36F3N3O6S. The molecule has 0 spiro atoms. The number of anilines is 1. The summed E-state index contributed by atoms with van der Waals surface area (Å²) in [6.07, 6.45) is -2.54. The summed E-state index contributed by atoms with van der Waals surface area (Å²) >= 11 is 0.